The molecule has 0 aliphatic rings. The van der Waals surface area contributed by atoms with E-state index in [2.05, 4.69) is 55.2 Å². The molecule has 0 aliphatic carbocycles. The predicted molar refractivity (Wildman–Crippen MR) is 82.9 cm³/mol. The normalized spacial score (nSPS) is 12.3. The summed E-state index contributed by atoms with van der Waals surface area (Å²) in [5.74, 6) is 3.53. The Morgan fingerprint density at radius 2 is 1.68 bits per heavy atom. The minimum atomic E-state index is 0.659. The molecule has 4 nitrogen and oxygen atoms in total. The van der Waals surface area contributed by atoms with E-state index in [-0.39, 0.29) is 0 Å². The second-order valence-corrected chi connectivity index (χ2v) is 5.14. The predicted octanol–water partition coefficient (Wildman–Crippen LogP) is 3.63. The van der Waals surface area contributed by atoms with E-state index in [4.69, 9.17) is 0 Å². The largest absolute Gasteiger partial charge is 0.370 e. The lowest BCUT2D eigenvalue weighted by Crippen LogP contribution is -2.15. The van der Waals surface area contributed by atoms with Crippen molar-refractivity contribution in [2.45, 2.75) is 53.9 Å². The molecule has 0 saturated heterocycles. The minimum absolute atomic E-state index is 0.659. The highest BCUT2D eigenvalue weighted by molar-refractivity contribution is 5.57. The molecule has 0 aromatic carbocycles. The molecule has 1 atom stereocenters. The average Bonchev–Trinajstić information content (AvgIpc) is 2.40. The molecule has 0 amide bonds. The molecule has 0 saturated carbocycles. The summed E-state index contributed by atoms with van der Waals surface area (Å²) in [6, 6.07) is 0. The van der Waals surface area contributed by atoms with Crippen LogP contribution in [0.5, 0.6) is 0 Å². The van der Waals surface area contributed by atoms with Crippen LogP contribution in [0.1, 0.15) is 51.9 Å². The minimum Gasteiger partial charge on any atom is -0.370 e. The Labute approximate surface area is 117 Å². The van der Waals surface area contributed by atoms with Crippen LogP contribution in [0, 0.1) is 12.8 Å². The zero-order valence-corrected chi connectivity index (χ0v) is 13.0. The summed E-state index contributed by atoms with van der Waals surface area (Å²) < 4.78 is 0. The van der Waals surface area contributed by atoms with Crippen molar-refractivity contribution in [1.29, 1.82) is 0 Å². The van der Waals surface area contributed by atoms with Gasteiger partial charge in [-0.25, -0.2) is 9.97 Å². The van der Waals surface area contributed by atoms with Gasteiger partial charge >= 0.3 is 0 Å². The second kappa shape index (κ2) is 7.97. The van der Waals surface area contributed by atoms with Crippen molar-refractivity contribution < 1.29 is 0 Å². The molecule has 1 aromatic rings. The number of nitrogens with zero attached hydrogens (tertiary/aromatic N) is 2. The molecule has 0 fully saturated rings. The van der Waals surface area contributed by atoms with Gasteiger partial charge in [0.2, 0.25) is 0 Å². The molecule has 19 heavy (non-hydrogen) atoms. The highest BCUT2D eigenvalue weighted by Gasteiger charge is 2.10. The van der Waals surface area contributed by atoms with E-state index in [1.807, 2.05) is 0 Å². The fourth-order valence-electron chi connectivity index (χ4n) is 1.83. The second-order valence-electron chi connectivity index (χ2n) is 5.14. The summed E-state index contributed by atoms with van der Waals surface area (Å²) in [7, 11) is 0. The summed E-state index contributed by atoms with van der Waals surface area (Å²) in [6.45, 7) is 12.6. The van der Waals surface area contributed by atoms with Crippen molar-refractivity contribution in [1.82, 2.24) is 9.97 Å². The molecule has 2 N–H and O–H groups in total. The Hall–Kier alpha value is -1.32. The standard InChI is InChI=1S/C15H28N4/c1-6-9-13-18-14(16-8-3)12(5)15(19-13)17-10-11(4)7-2/h11H,6-10H2,1-5H3,(H2,16,17,18,19). The van der Waals surface area contributed by atoms with Gasteiger partial charge < -0.3 is 10.6 Å². The number of aryl methyl sites for hydroxylation is 1. The van der Waals surface area contributed by atoms with E-state index in [0.29, 0.717) is 5.92 Å². The van der Waals surface area contributed by atoms with Crippen LogP contribution < -0.4 is 10.6 Å². The Kier molecular flexibility index (Phi) is 6.60. The zero-order chi connectivity index (χ0) is 14.3. The van der Waals surface area contributed by atoms with Crippen molar-refractivity contribution >= 4 is 11.6 Å². The van der Waals surface area contributed by atoms with E-state index in [1.54, 1.807) is 0 Å². The fourth-order valence-corrected chi connectivity index (χ4v) is 1.83. The fraction of sp³-hybridized carbons (Fsp3) is 0.733. The van der Waals surface area contributed by atoms with Gasteiger partial charge in [0.1, 0.15) is 17.5 Å². The summed E-state index contributed by atoms with van der Waals surface area (Å²) in [6.07, 6.45) is 3.18. The van der Waals surface area contributed by atoms with Crippen LogP contribution in [0.4, 0.5) is 11.6 Å². The summed E-state index contributed by atoms with van der Waals surface area (Å²) >= 11 is 0. The maximum atomic E-state index is 4.65. The van der Waals surface area contributed by atoms with Crippen molar-refractivity contribution in [3.63, 3.8) is 0 Å². The van der Waals surface area contributed by atoms with E-state index in [1.165, 1.54) is 6.42 Å². The van der Waals surface area contributed by atoms with Crippen LogP contribution >= 0.6 is 0 Å². The molecular formula is C15H28N4. The van der Waals surface area contributed by atoms with Crippen LogP contribution in [0.2, 0.25) is 0 Å². The van der Waals surface area contributed by atoms with Gasteiger partial charge in [-0.3, -0.25) is 0 Å². The summed E-state index contributed by atoms with van der Waals surface area (Å²) in [5.41, 5.74) is 1.12. The average molecular weight is 264 g/mol. The van der Waals surface area contributed by atoms with Crippen LogP contribution in [-0.4, -0.2) is 23.1 Å². The van der Waals surface area contributed by atoms with E-state index < -0.39 is 0 Å². The monoisotopic (exact) mass is 264 g/mol. The third-order valence-electron chi connectivity index (χ3n) is 3.32. The third-order valence-corrected chi connectivity index (χ3v) is 3.32. The lowest BCUT2D eigenvalue weighted by atomic mass is 10.1. The van der Waals surface area contributed by atoms with Crippen LogP contribution in [0.3, 0.4) is 0 Å². The topological polar surface area (TPSA) is 49.8 Å². The Bertz CT molecular complexity index is 390. The maximum absolute atomic E-state index is 4.65. The molecule has 0 bridgehead atoms. The maximum Gasteiger partial charge on any atom is 0.134 e. The van der Waals surface area contributed by atoms with Gasteiger partial charge in [0.05, 0.1) is 0 Å². The third kappa shape index (κ3) is 4.69. The molecule has 1 rings (SSSR count). The number of aromatic nitrogens is 2. The van der Waals surface area contributed by atoms with Crippen LogP contribution in [-0.2, 0) is 6.42 Å². The lowest BCUT2D eigenvalue weighted by molar-refractivity contribution is 0.592. The van der Waals surface area contributed by atoms with E-state index in [9.17, 15) is 0 Å². The first-order chi connectivity index (χ1) is 9.12. The van der Waals surface area contributed by atoms with Crippen molar-refractivity contribution in [3.8, 4) is 0 Å². The van der Waals surface area contributed by atoms with E-state index >= 15 is 0 Å². The highest BCUT2D eigenvalue weighted by atomic mass is 15.1. The smallest absolute Gasteiger partial charge is 0.134 e. The molecule has 0 spiro atoms. The van der Waals surface area contributed by atoms with Gasteiger partial charge in [0, 0.05) is 25.1 Å². The first-order valence-electron chi connectivity index (χ1n) is 7.47. The van der Waals surface area contributed by atoms with Gasteiger partial charge in [0.15, 0.2) is 0 Å². The molecule has 1 heterocycles. The van der Waals surface area contributed by atoms with Gasteiger partial charge in [0.25, 0.3) is 0 Å². The summed E-state index contributed by atoms with van der Waals surface area (Å²) in [5, 5.41) is 6.80. The first kappa shape index (κ1) is 15.7. The number of hydrogen-bond donors (Lipinski definition) is 2. The number of rotatable bonds is 8. The number of anilines is 2. The Morgan fingerprint density at radius 1 is 1.05 bits per heavy atom. The van der Waals surface area contributed by atoms with Gasteiger partial charge in [-0.2, -0.15) is 0 Å². The van der Waals surface area contributed by atoms with Crippen LogP contribution in [0.15, 0.2) is 0 Å². The van der Waals surface area contributed by atoms with Gasteiger partial charge in [-0.05, 0) is 26.2 Å². The molecule has 1 aromatic heterocycles. The van der Waals surface area contributed by atoms with Crippen molar-refractivity contribution in [2.75, 3.05) is 23.7 Å². The Morgan fingerprint density at radius 3 is 2.21 bits per heavy atom. The first-order valence-corrected chi connectivity index (χ1v) is 7.47. The Balaban J connectivity index is 2.92. The lowest BCUT2D eigenvalue weighted by Gasteiger charge is -2.16. The highest BCUT2D eigenvalue weighted by Crippen LogP contribution is 2.21. The molecule has 0 aliphatic heterocycles. The van der Waals surface area contributed by atoms with Crippen molar-refractivity contribution in [3.05, 3.63) is 11.4 Å². The molecular weight excluding hydrogens is 236 g/mol. The SMILES string of the molecule is CCCc1nc(NCC)c(C)c(NCC(C)CC)n1. The molecule has 1 unspecified atom stereocenters. The number of hydrogen-bond acceptors (Lipinski definition) is 4. The summed E-state index contributed by atoms with van der Waals surface area (Å²) in [4.78, 5) is 9.25. The quantitative estimate of drug-likeness (QED) is 0.753. The number of nitrogens with one attached hydrogen (secondary N) is 2. The van der Waals surface area contributed by atoms with Crippen molar-refractivity contribution in [2.24, 2.45) is 5.92 Å². The van der Waals surface area contributed by atoms with Crippen LogP contribution in [0.25, 0.3) is 0 Å². The van der Waals surface area contributed by atoms with Gasteiger partial charge in [-0.1, -0.05) is 27.2 Å². The molecule has 4 heteroatoms. The molecule has 0 radical (unpaired) electrons. The molecule has 108 valence electrons. The van der Waals surface area contributed by atoms with Gasteiger partial charge in [-0.15, -0.1) is 0 Å². The zero-order valence-electron chi connectivity index (χ0n) is 13.0. The van der Waals surface area contributed by atoms with E-state index in [0.717, 1.165) is 49.0 Å².